The molecule has 1 heterocycles. The zero-order valence-electron chi connectivity index (χ0n) is 15.4. The average Bonchev–Trinajstić information content (AvgIpc) is 2.66. The number of anilines is 1. The highest BCUT2D eigenvalue weighted by atomic mass is 35.5. The van der Waals surface area contributed by atoms with E-state index in [1.165, 1.54) is 0 Å². The minimum Gasteiger partial charge on any atom is -0.487 e. The third-order valence-electron chi connectivity index (χ3n) is 4.52. The Bertz CT molecular complexity index is 825. The Hall–Kier alpha value is -2.53. The lowest BCUT2D eigenvalue weighted by Gasteiger charge is -2.33. The van der Waals surface area contributed by atoms with Crippen LogP contribution in [0.3, 0.4) is 0 Å². The lowest BCUT2D eigenvalue weighted by Crippen LogP contribution is -2.42. The fourth-order valence-corrected chi connectivity index (χ4v) is 3.31. The van der Waals surface area contributed by atoms with Gasteiger partial charge in [0, 0.05) is 17.9 Å². The predicted octanol–water partition coefficient (Wildman–Crippen LogP) is 4.11. The van der Waals surface area contributed by atoms with Gasteiger partial charge in [-0.15, -0.1) is 0 Å². The van der Waals surface area contributed by atoms with Crippen molar-refractivity contribution < 1.29 is 14.3 Å². The highest BCUT2D eigenvalue weighted by molar-refractivity contribution is 6.31. The van der Waals surface area contributed by atoms with Crippen LogP contribution >= 0.6 is 11.6 Å². The maximum absolute atomic E-state index is 12.7. The monoisotopic (exact) mass is 386 g/mol. The standard InChI is InChI=1S/C21H23ClN2O3/c1-14-13-24(18-12-17(22)8-9-19(18)27-14)21(26)11-10-20(25)23-15(2)16-6-4-3-5-7-16/h3-9,12,14-15H,10-11,13H2,1-2H3,(H,23,25)/t14-,15-/m0/s1. The van der Waals surface area contributed by atoms with Gasteiger partial charge in [0.25, 0.3) is 0 Å². The number of nitrogens with one attached hydrogen (secondary N) is 1. The molecule has 2 amide bonds. The van der Waals surface area contributed by atoms with Crippen molar-refractivity contribution in [3.8, 4) is 5.75 Å². The van der Waals surface area contributed by atoms with Crippen molar-refractivity contribution in [2.24, 2.45) is 0 Å². The van der Waals surface area contributed by atoms with E-state index < -0.39 is 0 Å². The number of ether oxygens (including phenoxy) is 1. The summed E-state index contributed by atoms with van der Waals surface area (Å²) < 4.78 is 5.76. The van der Waals surface area contributed by atoms with Crippen LogP contribution in [0.15, 0.2) is 48.5 Å². The Morgan fingerprint density at radius 2 is 1.96 bits per heavy atom. The van der Waals surface area contributed by atoms with E-state index in [4.69, 9.17) is 16.3 Å². The Morgan fingerprint density at radius 1 is 1.22 bits per heavy atom. The van der Waals surface area contributed by atoms with Crippen molar-refractivity contribution in [3.63, 3.8) is 0 Å². The van der Waals surface area contributed by atoms with Crippen LogP contribution in [-0.4, -0.2) is 24.5 Å². The highest BCUT2D eigenvalue weighted by Gasteiger charge is 2.28. The minimum atomic E-state index is -0.146. The van der Waals surface area contributed by atoms with Gasteiger partial charge in [-0.1, -0.05) is 41.9 Å². The predicted molar refractivity (Wildman–Crippen MR) is 106 cm³/mol. The quantitative estimate of drug-likeness (QED) is 0.841. The number of nitrogens with zero attached hydrogens (tertiary/aromatic N) is 1. The van der Waals surface area contributed by atoms with Gasteiger partial charge in [0.1, 0.15) is 11.9 Å². The molecule has 0 spiro atoms. The summed E-state index contributed by atoms with van der Waals surface area (Å²) in [5.74, 6) is 0.372. The number of fused-ring (bicyclic) bond motifs is 1. The average molecular weight is 387 g/mol. The number of rotatable bonds is 5. The van der Waals surface area contributed by atoms with Gasteiger partial charge < -0.3 is 15.0 Å². The van der Waals surface area contributed by atoms with Gasteiger partial charge in [0.15, 0.2) is 0 Å². The molecule has 6 heteroatoms. The molecule has 1 aliphatic rings. The number of amides is 2. The van der Waals surface area contributed by atoms with E-state index in [1.54, 1.807) is 23.1 Å². The number of carbonyl (C=O) groups is 2. The molecule has 0 unspecified atom stereocenters. The maximum Gasteiger partial charge on any atom is 0.227 e. The summed E-state index contributed by atoms with van der Waals surface area (Å²) in [6, 6.07) is 14.9. The number of benzene rings is 2. The van der Waals surface area contributed by atoms with Crippen molar-refractivity contribution in [1.82, 2.24) is 5.32 Å². The Labute approximate surface area is 164 Å². The fraction of sp³-hybridized carbons (Fsp3) is 0.333. The molecule has 0 saturated carbocycles. The Balaban J connectivity index is 1.59. The SMILES string of the molecule is C[C@H](NC(=O)CCC(=O)N1C[C@H](C)Oc2ccc(Cl)cc21)c1ccccc1. The molecule has 0 fully saturated rings. The van der Waals surface area contributed by atoms with E-state index >= 15 is 0 Å². The van der Waals surface area contributed by atoms with Crippen LogP contribution in [-0.2, 0) is 9.59 Å². The zero-order valence-corrected chi connectivity index (χ0v) is 16.2. The molecule has 0 bridgehead atoms. The third kappa shape index (κ3) is 4.80. The molecule has 27 heavy (non-hydrogen) atoms. The lowest BCUT2D eigenvalue weighted by molar-refractivity contribution is -0.125. The first-order chi connectivity index (χ1) is 12.9. The van der Waals surface area contributed by atoms with Crippen molar-refractivity contribution in [2.75, 3.05) is 11.4 Å². The minimum absolute atomic E-state index is 0.100. The molecule has 5 nitrogen and oxygen atoms in total. The molecule has 142 valence electrons. The molecule has 0 radical (unpaired) electrons. The van der Waals surface area contributed by atoms with Gasteiger partial charge >= 0.3 is 0 Å². The molecule has 2 atom stereocenters. The summed E-state index contributed by atoms with van der Waals surface area (Å²) in [5.41, 5.74) is 1.69. The summed E-state index contributed by atoms with van der Waals surface area (Å²) in [6.07, 6.45) is 0.151. The molecule has 1 N–H and O–H groups in total. The molecule has 0 aromatic heterocycles. The van der Waals surface area contributed by atoms with Crippen molar-refractivity contribution in [2.45, 2.75) is 38.8 Å². The van der Waals surface area contributed by atoms with Gasteiger partial charge in [0.05, 0.1) is 18.3 Å². The molecule has 0 saturated heterocycles. The van der Waals surface area contributed by atoms with E-state index in [1.807, 2.05) is 44.2 Å². The van der Waals surface area contributed by atoms with E-state index in [0.29, 0.717) is 23.0 Å². The van der Waals surface area contributed by atoms with E-state index in [2.05, 4.69) is 5.32 Å². The second kappa shape index (κ2) is 8.44. The number of hydrogen-bond donors (Lipinski definition) is 1. The van der Waals surface area contributed by atoms with Gasteiger partial charge in [-0.05, 0) is 37.6 Å². The van der Waals surface area contributed by atoms with E-state index in [-0.39, 0.29) is 36.8 Å². The highest BCUT2D eigenvalue weighted by Crippen LogP contribution is 2.36. The van der Waals surface area contributed by atoms with Crippen molar-refractivity contribution in [3.05, 3.63) is 59.1 Å². The number of halogens is 1. The first-order valence-electron chi connectivity index (χ1n) is 9.05. The normalized spacial score (nSPS) is 16.9. The second-order valence-corrected chi connectivity index (χ2v) is 7.18. The summed E-state index contributed by atoms with van der Waals surface area (Å²) in [6.45, 7) is 4.28. The summed E-state index contributed by atoms with van der Waals surface area (Å²) in [4.78, 5) is 26.6. The van der Waals surface area contributed by atoms with E-state index in [9.17, 15) is 9.59 Å². The van der Waals surface area contributed by atoms with Crippen LogP contribution < -0.4 is 15.0 Å². The largest absolute Gasteiger partial charge is 0.487 e. The van der Waals surface area contributed by atoms with Crippen LogP contribution in [0, 0.1) is 0 Å². The smallest absolute Gasteiger partial charge is 0.227 e. The first kappa shape index (κ1) is 19.2. The summed E-state index contributed by atoms with van der Waals surface area (Å²) in [5, 5.41) is 3.48. The van der Waals surface area contributed by atoms with Gasteiger partial charge in [-0.2, -0.15) is 0 Å². The number of hydrogen-bond acceptors (Lipinski definition) is 3. The van der Waals surface area contributed by atoms with Gasteiger partial charge in [0.2, 0.25) is 11.8 Å². The Kier molecular flexibility index (Phi) is 6.01. The molecule has 3 rings (SSSR count). The molecule has 1 aliphatic heterocycles. The second-order valence-electron chi connectivity index (χ2n) is 6.74. The van der Waals surface area contributed by atoms with Crippen LogP contribution in [0.1, 0.15) is 38.3 Å². The van der Waals surface area contributed by atoms with Gasteiger partial charge in [-0.3, -0.25) is 9.59 Å². The molecular weight excluding hydrogens is 364 g/mol. The van der Waals surface area contributed by atoms with Crippen LogP contribution in [0.25, 0.3) is 0 Å². The fourth-order valence-electron chi connectivity index (χ4n) is 3.14. The molecular formula is C21H23ClN2O3. The van der Waals surface area contributed by atoms with E-state index in [0.717, 1.165) is 5.56 Å². The number of carbonyl (C=O) groups excluding carboxylic acids is 2. The lowest BCUT2D eigenvalue weighted by atomic mass is 10.1. The Morgan fingerprint density at radius 3 is 2.70 bits per heavy atom. The van der Waals surface area contributed by atoms with Crippen LogP contribution in [0.5, 0.6) is 5.75 Å². The molecule has 0 aliphatic carbocycles. The zero-order chi connectivity index (χ0) is 19.4. The van der Waals surface area contributed by atoms with Crippen molar-refractivity contribution in [1.29, 1.82) is 0 Å². The first-order valence-corrected chi connectivity index (χ1v) is 9.42. The van der Waals surface area contributed by atoms with Crippen molar-refractivity contribution >= 4 is 29.1 Å². The topological polar surface area (TPSA) is 58.6 Å². The third-order valence-corrected chi connectivity index (χ3v) is 4.76. The van der Waals surface area contributed by atoms with Crippen LogP contribution in [0.2, 0.25) is 5.02 Å². The molecule has 2 aromatic carbocycles. The summed E-state index contributed by atoms with van der Waals surface area (Å²) >= 11 is 6.07. The maximum atomic E-state index is 12.7. The van der Waals surface area contributed by atoms with Crippen LogP contribution in [0.4, 0.5) is 5.69 Å². The summed E-state index contributed by atoms with van der Waals surface area (Å²) in [7, 11) is 0. The van der Waals surface area contributed by atoms with Gasteiger partial charge in [-0.25, -0.2) is 0 Å². The molecule has 2 aromatic rings.